The summed E-state index contributed by atoms with van der Waals surface area (Å²) in [5.74, 6) is -0.0273. The molecule has 21 heavy (non-hydrogen) atoms. The molecule has 0 bridgehead atoms. The molecule has 1 heterocycles. The van der Waals surface area contributed by atoms with Crippen LogP contribution in [0.1, 0.15) is 11.1 Å². The Bertz CT molecular complexity index is 882. The molecule has 0 amide bonds. The van der Waals surface area contributed by atoms with Gasteiger partial charge >= 0.3 is 0 Å². The van der Waals surface area contributed by atoms with E-state index in [4.69, 9.17) is 0 Å². The van der Waals surface area contributed by atoms with Crippen LogP contribution >= 0.6 is 0 Å². The zero-order valence-electron chi connectivity index (χ0n) is 11.6. The third-order valence-corrected chi connectivity index (χ3v) is 4.69. The lowest BCUT2D eigenvalue weighted by Crippen LogP contribution is -2.15. The van der Waals surface area contributed by atoms with Crippen molar-refractivity contribution in [1.29, 1.82) is 0 Å². The minimum Gasteiger partial charge on any atom is -0.361 e. The molecule has 3 aromatic rings. The van der Waals surface area contributed by atoms with E-state index in [1.165, 1.54) is 0 Å². The molecular weight excluding hydrogens is 284 g/mol. The van der Waals surface area contributed by atoms with Crippen LogP contribution in [0, 0.1) is 6.92 Å². The molecule has 0 saturated heterocycles. The summed E-state index contributed by atoms with van der Waals surface area (Å²) in [5, 5.41) is 0.867. The van der Waals surface area contributed by atoms with Crippen molar-refractivity contribution in [2.24, 2.45) is 0 Å². The number of H-pyrrole nitrogens is 1. The van der Waals surface area contributed by atoms with Crippen molar-refractivity contribution in [1.82, 2.24) is 4.98 Å². The van der Waals surface area contributed by atoms with E-state index in [-0.39, 0.29) is 5.75 Å². The Morgan fingerprint density at radius 3 is 2.67 bits per heavy atom. The molecule has 0 radical (unpaired) electrons. The summed E-state index contributed by atoms with van der Waals surface area (Å²) in [5.41, 5.74) is 3.29. The number of aromatic nitrogens is 1. The number of rotatable bonds is 4. The van der Waals surface area contributed by atoms with Crippen LogP contribution in [-0.2, 0) is 15.8 Å². The molecule has 108 valence electrons. The first-order chi connectivity index (χ1) is 10.1. The Morgan fingerprint density at radius 1 is 1.05 bits per heavy atom. The number of nitrogens with one attached hydrogen (secondary N) is 2. The van der Waals surface area contributed by atoms with Crippen molar-refractivity contribution in [3.63, 3.8) is 0 Å². The summed E-state index contributed by atoms with van der Waals surface area (Å²) >= 11 is 0. The lowest BCUT2D eigenvalue weighted by Gasteiger charge is -2.10. The van der Waals surface area contributed by atoms with Crippen LogP contribution in [0.5, 0.6) is 0 Å². The molecule has 0 aliphatic carbocycles. The van der Waals surface area contributed by atoms with Crippen molar-refractivity contribution in [3.05, 3.63) is 65.9 Å². The van der Waals surface area contributed by atoms with Crippen LogP contribution < -0.4 is 4.72 Å². The van der Waals surface area contributed by atoms with E-state index in [2.05, 4.69) is 9.71 Å². The van der Waals surface area contributed by atoms with Gasteiger partial charge in [0, 0.05) is 17.1 Å². The van der Waals surface area contributed by atoms with Gasteiger partial charge in [-0.15, -0.1) is 0 Å². The fourth-order valence-electron chi connectivity index (χ4n) is 2.35. The number of hydrogen-bond donors (Lipinski definition) is 2. The predicted octanol–water partition coefficient (Wildman–Crippen LogP) is 3.42. The number of sulfonamides is 1. The number of fused-ring (bicyclic) bond motifs is 1. The van der Waals surface area contributed by atoms with E-state index in [9.17, 15) is 8.42 Å². The van der Waals surface area contributed by atoms with Gasteiger partial charge in [-0.05, 0) is 36.2 Å². The van der Waals surface area contributed by atoms with Gasteiger partial charge in [-0.1, -0.05) is 30.3 Å². The minimum atomic E-state index is -3.44. The SMILES string of the molecule is Cc1ccccc1CS(=O)(=O)Nc1cccc2[nH]ccc12. The second-order valence-corrected chi connectivity index (χ2v) is 6.75. The van der Waals surface area contributed by atoms with E-state index >= 15 is 0 Å². The molecule has 2 N–H and O–H groups in total. The van der Waals surface area contributed by atoms with Gasteiger partial charge in [0.25, 0.3) is 0 Å². The van der Waals surface area contributed by atoms with E-state index < -0.39 is 10.0 Å². The number of aryl methyl sites for hydroxylation is 1. The first kappa shape index (κ1) is 13.7. The maximum Gasteiger partial charge on any atom is 0.236 e. The smallest absolute Gasteiger partial charge is 0.236 e. The minimum absolute atomic E-state index is 0.0273. The highest BCUT2D eigenvalue weighted by Crippen LogP contribution is 2.24. The van der Waals surface area contributed by atoms with Crippen molar-refractivity contribution in [2.75, 3.05) is 4.72 Å². The van der Waals surface area contributed by atoms with Crippen LogP contribution in [0.25, 0.3) is 10.9 Å². The number of anilines is 1. The summed E-state index contributed by atoms with van der Waals surface area (Å²) < 4.78 is 27.4. The van der Waals surface area contributed by atoms with E-state index in [0.29, 0.717) is 5.69 Å². The molecule has 0 atom stereocenters. The molecular formula is C16H16N2O2S. The van der Waals surface area contributed by atoms with Gasteiger partial charge in [-0.25, -0.2) is 8.42 Å². The second kappa shape index (κ2) is 5.26. The second-order valence-electron chi connectivity index (χ2n) is 5.03. The van der Waals surface area contributed by atoms with Gasteiger partial charge in [0.2, 0.25) is 10.0 Å². The molecule has 5 heteroatoms. The molecule has 0 saturated carbocycles. The zero-order valence-corrected chi connectivity index (χ0v) is 12.4. The maximum atomic E-state index is 12.4. The maximum absolute atomic E-state index is 12.4. The van der Waals surface area contributed by atoms with Crippen LogP contribution in [0.3, 0.4) is 0 Å². The van der Waals surface area contributed by atoms with Gasteiger partial charge in [0.1, 0.15) is 0 Å². The topological polar surface area (TPSA) is 62.0 Å². The molecule has 2 aromatic carbocycles. The molecule has 4 nitrogen and oxygen atoms in total. The number of hydrogen-bond acceptors (Lipinski definition) is 2. The van der Waals surface area contributed by atoms with Crippen molar-refractivity contribution >= 4 is 26.6 Å². The zero-order chi connectivity index (χ0) is 14.9. The molecule has 3 rings (SSSR count). The van der Waals surface area contributed by atoms with Crippen molar-refractivity contribution in [3.8, 4) is 0 Å². The van der Waals surface area contributed by atoms with E-state index in [0.717, 1.165) is 22.0 Å². The third kappa shape index (κ3) is 2.92. The number of benzene rings is 2. The molecule has 0 fully saturated rings. The van der Waals surface area contributed by atoms with Gasteiger partial charge in [0.05, 0.1) is 11.4 Å². The Hall–Kier alpha value is -2.27. The third-order valence-electron chi connectivity index (χ3n) is 3.47. The highest BCUT2D eigenvalue weighted by molar-refractivity contribution is 7.91. The van der Waals surface area contributed by atoms with Gasteiger partial charge in [-0.2, -0.15) is 0 Å². The predicted molar refractivity (Wildman–Crippen MR) is 85.7 cm³/mol. The largest absolute Gasteiger partial charge is 0.361 e. The van der Waals surface area contributed by atoms with Crippen LogP contribution in [0.2, 0.25) is 0 Å². The summed E-state index contributed by atoms with van der Waals surface area (Å²) in [6, 6.07) is 14.9. The van der Waals surface area contributed by atoms with Crippen LogP contribution in [-0.4, -0.2) is 13.4 Å². The molecule has 1 aromatic heterocycles. The lowest BCUT2D eigenvalue weighted by atomic mass is 10.1. The molecule has 0 spiro atoms. The average molecular weight is 300 g/mol. The molecule has 0 aliphatic rings. The van der Waals surface area contributed by atoms with Gasteiger partial charge in [0.15, 0.2) is 0 Å². The fraction of sp³-hybridized carbons (Fsp3) is 0.125. The summed E-state index contributed by atoms with van der Waals surface area (Å²) in [4.78, 5) is 3.07. The van der Waals surface area contributed by atoms with Crippen LogP contribution in [0.4, 0.5) is 5.69 Å². The number of aromatic amines is 1. The standard InChI is InChI=1S/C16H16N2O2S/c1-12-5-2-3-6-13(12)11-21(19,20)18-16-8-4-7-15-14(16)9-10-17-15/h2-10,17-18H,11H2,1H3. The highest BCUT2D eigenvalue weighted by Gasteiger charge is 2.14. The Labute approximate surface area is 123 Å². The Kier molecular flexibility index (Phi) is 3.43. The first-order valence-corrected chi connectivity index (χ1v) is 8.31. The van der Waals surface area contributed by atoms with E-state index in [1.807, 2.05) is 49.4 Å². The fourth-order valence-corrected chi connectivity index (χ4v) is 3.67. The summed E-state index contributed by atoms with van der Waals surface area (Å²) in [6.07, 6.45) is 1.80. The average Bonchev–Trinajstić information content (AvgIpc) is 2.90. The molecule has 0 aliphatic heterocycles. The monoisotopic (exact) mass is 300 g/mol. The Morgan fingerprint density at radius 2 is 1.86 bits per heavy atom. The van der Waals surface area contributed by atoms with Crippen molar-refractivity contribution < 1.29 is 8.42 Å². The lowest BCUT2D eigenvalue weighted by molar-refractivity contribution is 0.600. The quantitative estimate of drug-likeness (QED) is 0.775. The molecule has 0 unspecified atom stereocenters. The van der Waals surface area contributed by atoms with Crippen molar-refractivity contribution in [2.45, 2.75) is 12.7 Å². The van der Waals surface area contributed by atoms with Crippen LogP contribution in [0.15, 0.2) is 54.7 Å². The summed E-state index contributed by atoms with van der Waals surface area (Å²) in [6.45, 7) is 1.91. The highest BCUT2D eigenvalue weighted by atomic mass is 32.2. The van der Waals surface area contributed by atoms with Gasteiger partial charge in [-0.3, -0.25) is 4.72 Å². The van der Waals surface area contributed by atoms with Gasteiger partial charge < -0.3 is 4.98 Å². The first-order valence-electron chi connectivity index (χ1n) is 6.66. The normalized spacial score (nSPS) is 11.7. The summed E-state index contributed by atoms with van der Waals surface area (Å²) in [7, 11) is -3.44. The Balaban J connectivity index is 1.90. The van der Waals surface area contributed by atoms with E-state index in [1.54, 1.807) is 12.3 Å².